The van der Waals surface area contributed by atoms with Gasteiger partial charge < -0.3 is 9.64 Å². The van der Waals surface area contributed by atoms with Crippen LogP contribution in [0.1, 0.15) is 25.5 Å². The topological polar surface area (TPSA) is 28.6 Å². The molecule has 4 nitrogen and oxygen atoms in total. The van der Waals surface area contributed by atoms with Crippen molar-refractivity contribution < 1.29 is 4.74 Å². The molecule has 4 rings (SSSR count). The van der Waals surface area contributed by atoms with E-state index in [1.54, 1.807) is 0 Å². The lowest BCUT2D eigenvalue weighted by Gasteiger charge is -2.47. The van der Waals surface area contributed by atoms with Crippen molar-refractivity contribution in [3.05, 3.63) is 24.0 Å². The van der Waals surface area contributed by atoms with Crippen LogP contribution in [0, 0.1) is 0 Å². The average Bonchev–Trinajstić information content (AvgIpc) is 2.68. The Morgan fingerprint density at radius 2 is 1.90 bits per heavy atom. The average molecular weight is 273 g/mol. The molecule has 108 valence electrons. The fraction of sp³-hybridized carbons (Fsp3) is 0.688. The summed E-state index contributed by atoms with van der Waals surface area (Å²) < 4.78 is 5.35. The molecule has 0 radical (unpaired) electrons. The third-order valence-corrected chi connectivity index (χ3v) is 5.12. The van der Waals surface area contributed by atoms with E-state index < -0.39 is 0 Å². The van der Waals surface area contributed by atoms with Crippen LogP contribution in [0.15, 0.2) is 18.3 Å². The molecule has 3 aliphatic rings. The minimum atomic E-state index is 0.670. The second kappa shape index (κ2) is 5.01. The highest BCUT2D eigenvalue weighted by Crippen LogP contribution is 2.35. The largest absolute Gasteiger partial charge is 0.378 e. The van der Waals surface area contributed by atoms with Gasteiger partial charge in [-0.2, -0.15) is 0 Å². The molecular weight excluding hydrogens is 250 g/mol. The predicted octanol–water partition coefficient (Wildman–Crippen LogP) is 1.70. The molecule has 0 aliphatic carbocycles. The van der Waals surface area contributed by atoms with Crippen LogP contribution in [-0.2, 0) is 11.2 Å². The lowest BCUT2D eigenvalue weighted by Crippen LogP contribution is -2.60. The van der Waals surface area contributed by atoms with Gasteiger partial charge in [0.05, 0.1) is 31.1 Å². The quantitative estimate of drug-likeness (QED) is 0.838. The number of hydrogen-bond acceptors (Lipinski definition) is 4. The number of pyridine rings is 1. The summed E-state index contributed by atoms with van der Waals surface area (Å²) in [6, 6.07) is 6.47. The molecule has 2 atom stereocenters. The van der Waals surface area contributed by atoms with Gasteiger partial charge in [-0.1, -0.05) is 6.92 Å². The number of nitrogens with zero attached hydrogens (tertiary/aromatic N) is 3. The zero-order valence-corrected chi connectivity index (χ0v) is 12.2. The minimum absolute atomic E-state index is 0.670. The number of aromatic nitrogens is 1. The Hall–Kier alpha value is -1.13. The number of rotatable bonds is 3. The number of aryl methyl sites for hydroxylation is 1. The summed E-state index contributed by atoms with van der Waals surface area (Å²) in [6.45, 7) is 6.42. The fourth-order valence-electron chi connectivity index (χ4n) is 3.87. The van der Waals surface area contributed by atoms with E-state index in [9.17, 15) is 0 Å². The summed E-state index contributed by atoms with van der Waals surface area (Å²) in [7, 11) is 0. The Labute approximate surface area is 120 Å². The Morgan fingerprint density at radius 3 is 2.40 bits per heavy atom. The van der Waals surface area contributed by atoms with Crippen molar-refractivity contribution in [2.45, 2.75) is 44.3 Å². The van der Waals surface area contributed by atoms with Crippen LogP contribution in [0.5, 0.6) is 0 Å². The number of likely N-dealkylation sites (tertiary alicyclic amines) is 1. The zero-order chi connectivity index (χ0) is 13.5. The number of anilines is 1. The molecule has 4 heteroatoms. The molecule has 0 N–H and O–H groups in total. The van der Waals surface area contributed by atoms with Gasteiger partial charge in [0.15, 0.2) is 0 Å². The molecule has 4 heterocycles. The number of fused-ring (bicyclic) bond motifs is 2. The zero-order valence-electron chi connectivity index (χ0n) is 12.2. The Balaban J connectivity index is 1.52. The van der Waals surface area contributed by atoms with Gasteiger partial charge in [0.1, 0.15) is 0 Å². The fourth-order valence-corrected chi connectivity index (χ4v) is 3.87. The summed E-state index contributed by atoms with van der Waals surface area (Å²) in [4.78, 5) is 9.85. The molecular formula is C16H23N3O. The van der Waals surface area contributed by atoms with E-state index >= 15 is 0 Å². The molecule has 1 aromatic heterocycles. The monoisotopic (exact) mass is 273 g/mol. The number of piperazine rings is 1. The lowest BCUT2D eigenvalue weighted by molar-refractivity contribution is -0.0704. The molecule has 20 heavy (non-hydrogen) atoms. The number of hydrogen-bond donors (Lipinski definition) is 0. The standard InChI is InChI=1S/C16H23N3O/c1-2-12-3-4-13(7-17-12)19-14-5-6-15(19)9-18(8-14)16-10-20-11-16/h3-4,7,14-16H,2,5-6,8-11H2,1H3. The highest BCUT2D eigenvalue weighted by molar-refractivity contribution is 5.49. The summed E-state index contributed by atoms with van der Waals surface area (Å²) in [6.07, 6.45) is 5.74. The van der Waals surface area contributed by atoms with Crippen LogP contribution in [0.25, 0.3) is 0 Å². The van der Waals surface area contributed by atoms with Gasteiger partial charge in [-0.05, 0) is 31.4 Å². The minimum Gasteiger partial charge on any atom is -0.378 e. The van der Waals surface area contributed by atoms with Crippen LogP contribution < -0.4 is 4.90 Å². The van der Waals surface area contributed by atoms with Gasteiger partial charge in [-0.3, -0.25) is 9.88 Å². The molecule has 0 spiro atoms. The third-order valence-electron chi connectivity index (χ3n) is 5.12. The Bertz CT molecular complexity index is 457. The maximum atomic E-state index is 5.35. The summed E-state index contributed by atoms with van der Waals surface area (Å²) in [5.74, 6) is 0. The van der Waals surface area contributed by atoms with Crippen molar-refractivity contribution in [1.82, 2.24) is 9.88 Å². The Morgan fingerprint density at radius 1 is 1.15 bits per heavy atom. The molecule has 1 aromatic rings. The van der Waals surface area contributed by atoms with Crippen LogP contribution in [0.3, 0.4) is 0 Å². The SMILES string of the molecule is CCc1ccc(N2C3CCC2CN(C2COC2)C3)cn1. The van der Waals surface area contributed by atoms with Crippen molar-refractivity contribution in [1.29, 1.82) is 0 Å². The summed E-state index contributed by atoms with van der Waals surface area (Å²) in [5, 5.41) is 0. The van der Waals surface area contributed by atoms with Gasteiger partial charge in [-0.15, -0.1) is 0 Å². The summed E-state index contributed by atoms with van der Waals surface area (Å²) in [5.41, 5.74) is 2.51. The van der Waals surface area contributed by atoms with Crippen LogP contribution in [0.2, 0.25) is 0 Å². The second-order valence-corrected chi connectivity index (χ2v) is 6.30. The van der Waals surface area contributed by atoms with Gasteiger partial charge in [0.25, 0.3) is 0 Å². The summed E-state index contributed by atoms with van der Waals surface area (Å²) >= 11 is 0. The van der Waals surface area contributed by atoms with Gasteiger partial charge in [-0.25, -0.2) is 0 Å². The van der Waals surface area contributed by atoms with Crippen molar-refractivity contribution in [3.63, 3.8) is 0 Å². The number of ether oxygens (including phenoxy) is 1. The first-order valence-electron chi connectivity index (χ1n) is 7.90. The van der Waals surface area contributed by atoms with E-state index in [1.807, 2.05) is 0 Å². The molecule has 0 saturated carbocycles. The molecule has 2 bridgehead atoms. The molecule has 2 unspecified atom stereocenters. The van der Waals surface area contributed by atoms with Gasteiger partial charge in [0.2, 0.25) is 0 Å². The first kappa shape index (κ1) is 12.6. The van der Waals surface area contributed by atoms with Gasteiger partial charge in [0, 0.05) is 30.9 Å². The van der Waals surface area contributed by atoms with Crippen molar-refractivity contribution in [3.8, 4) is 0 Å². The van der Waals surface area contributed by atoms with Crippen LogP contribution >= 0.6 is 0 Å². The third kappa shape index (κ3) is 2.02. The Kier molecular flexibility index (Phi) is 3.15. The second-order valence-electron chi connectivity index (χ2n) is 6.30. The molecule has 0 aromatic carbocycles. The van der Waals surface area contributed by atoms with E-state index in [4.69, 9.17) is 4.74 Å². The van der Waals surface area contributed by atoms with Crippen molar-refractivity contribution in [2.75, 3.05) is 31.2 Å². The van der Waals surface area contributed by atoms with Crippen molar-refractivity contribution >= 4 is 5.69 Å². The molecule has 3 fully saturated rings. The smallest absolute Gasteiger partial charge is 0.0645 e. The highest BCUT2D eigenvalue weighted by Gasteiger charge is 2.43. The van der Waals surface area contributed by atoms with Crippen molar-refractivity contribution in [2.24, 2.45) is 0 Å². The molecule has 0 amide bonds. The maximum Gasteiger partial charge on any atom is 0.0645 e. The van der Waals surface area contributed by atoms with Crippen LogP contribution in [-0.4, -0.2) is 54.3 Å². The van der Waals surface area contributed by atoms with E-state index in [0.29, 0.717) is 18.1 Å². The van der Waals surface area contributed by atoms with E-state index in [2.05, 4.69) is 40.0 Å². The first-order valence-corrected chi connectivity index (χ1v) is 7.90. The maximum absolute atomic E-state index is 5.35. The van der Waals surface area contributed by atoms with E-state index in [0.717, 1.165) is 19.6 Å². The molecule has 3 saturated heterocycles. The van der Waals surface area contributed by atoms with Gasteiger partial charge >= 0.3 is 0 Å². The normalized spacial score (nSPS) is 30.6. The van der Waals surface area contributed by atoms with E-state index in [1.165, 1.54) is 37.3 Å². The van der Waals surface area contributed by atoms with E-state index in [-0.39, 0.29) is 0 Å². The van der Waals surface area contributed by atoms with Crippen LogP contribution in [0.4, 0.5) is 5.69 Å². The highest BCUT2D eigenvalue weighted by atomic mass is 16.5. The lowest BCUT2D eigenvalue weighted by atomic mass is 10.1. The molecule has 3 aliphatic heterocycles. The first-order chi connectivity index (χ1) is 9.85. The predicted molar refractivity (Wildman–Crippen MR) is 79.1 cm³/mol.